The molecule has 0 aliphatic rings. The first-order valence-electron chi connectivity index (χ1n) is 12.9. The Balaban J connectivity index is 0.000000585. The van der Waals surface area contributed by atoms with E-state index in [1.54, 1.807) is 0 Å². The Kier molecular flexibility index (Phi) is 10.7. The van der Waals surface area contributed by atoms with E-state index in [0.717, 1.165) is 35.1 Å². The van der Waals surface area contributed by atoms with Gasteiger partial charge in [-0.15, -0.1) is 5.10 Å². The van der Waals surface area contributed by atoms with Gasteiger partial charge in [0, 0.05) is 18.5 Å². The predicted molar refractivity (Wildman–Crippen MR) is 148 cm³/mol. The minimum atomic E-state index is -0.976. The number of aliphatic carboxylic acids is 1. The molecule has 3 aromatic carbocycles. The minimum Gasteiger partial charge on any atom is -0.480 e. The molecule has 4 rings (SSSR count). The lowest BCUT2D eigenvalue weighted by Crippen LogP contribution is -2.47. The van der Waals surface area contributed by atoms with Crippen molar-refractivity contribution in [1.82, 2.24) is 25.5 Å². The summed E-state index contributed by atoms with van der Waals surface area (Å²) in [5.41, 5.74) is 3.71. The predicted octanol–water partition coefficient (Wildman–Crippen LogP) is 5.85. The highest BCUT2D eigenvalue weighted by Gasteiger charge is 2.32. The molecule has 8 heteroatoms. The Morgan fingerprint density at radius 1 is 0.895 bits per heavy atom. The van der Waals surface area contributed by atoms with Crippen LogP contribution in [0.3, 0.4) is 0 Å². The Morgan fingerprint density at radius 3 is 2.00 bits per heavy atom. The second kappa shape index (κ2) is 14.4. The monoisotopic (exact) mass is 513 g/mol. The molecular weight excluding hydrogens is 478 g/mol. The fourth-order valence-electron chi connectivity index (χ4n) is 4.18. The lowest BCUT2D eigenvalue weighted by molar-refractivity contribution is -0.153. The molecule has 8 nitrogen and oxygen atoms in total. The van der Waals surface area contributed by atoms with Crippen molar-refractivity contribution < 1.29 is 14.7 Å². The van der Waals surface area contributed by atoms with E-state index in [-0.39, 0.29) is 18.4 Å². The second-order valence-corrected chi connectivity index (χ2v) is 9.30. The molecule has 0 bridgehead atoms. The van der Waals surface area contributed by atoms with Crippen LogP contribution in [-0.2, 0) is 16.1 Å². The maximum absolute atomic E-state index is 12.9. The van der Waals surface area contributed by atoms with Crippen molar-refractivity contribution in [3.05, 3.63) is 90.5 Å². The van der Waals surface area contributed by atoms with E-state index >= 15 is 0 Å². The average Bonchev–Trinajstić information content (AvgIpc) is 3.48. The Hall–Kier alpha value is -4.33. The van der Waals surface area contributed by atoms with Crippen LogP contribution in [0.1, 0.15) is 45.6 Å². The number of hydrogen-bond acceptors (Lipinski definition) is 5. The zero-order chi connectivity index (χ0) is 27.3. The van der Waals surface area contributed by atoms with Gasteiger partial charge in [0.15, 0.2) is 5.82 Å². The molecule has 198 valence electrons. The van der Waals surface area contributed by atoms with E-state index < -0.39 is 12.0 Å². The van der Waals surface area contributed by atoms with Crippen LogP contribution in [0.25, 0.3) is 22.5 Å². The average molecular weight is 514 g/mol. The van der Waals surface area contributed by atoms with Crippen LogP contribution < -0.4 is 0 Å². The number of unbranched alkanes of at least 4 members (excludes halogenated alkanes) is 1. The molecule has 0 saturated carbocycles. The number of rotatable bonds is 10. The number of hydrogen-bond donors (Lipinski definition) is 2. The molecule has 0 saturated heterocycles. The van der Waals surface area contributed by atoms with Gasteiger partial charge in [-0.1, -0.05) is 112 Å². The van der Waals surface area contributed by atoms with Gasteiger partial charge in [-0.25, -0.2) is 9.89 Å². The fraction of sp³-hybridized carbons (Fsp3) is 0.300. The van der Waals surface area contributed by atoms with Crippen LogP contribution >= 0.6 is 0 Å². The summed E-state index contributed by atoms with van der Waals surface area (Å²) in [6.07, 6.45) is 1.98. The van der Waals surface area contributed by atoms with Crippen molar-refractivity contribution in [1.29, 1.82) is 0 Å². The first kappa shape index (κ1) is 28.2. The van der Waals surface area contributed by atoms with E-state index in [2.05, 4.69) is 20.6 Å². The highest BCUT2D eigenvalue weighted by molar-refractivity contribution is 5.84. The van der Waals surface area contributed by atoms with Gasteiger partial charge < -0.3 is 10.0 Å². The van der Waals surface area contributed by atoms with Crippen molar-refractivity contribution in [2.24, 2.45) is 5.92 Å². The number of carbonyl (C=O) groups excluding carboxylic acids is 1. The molecule has 1 atom stereocenters. The standard InChI is InChI=1S/C24H29N5O3.C6H6/c1-4-5-10-21(30)29(22(16(2)3)24(31)32)15-17-11-13-18(14-12-17)19-8-6-7-9-20(19)23-25-27-28-26-23;1-2-4-6-5-3-1/h6-9,11-14,16,22H,4-5,10,15H2,1-3H3,(H,31,32)(H,25,26,27,28);1-6H/t22-;/m0./s1. The Morgan fingerprint density at radius 2 is 1.50 bits per heavy atom. The van der Waals surface area contributed by atoms with Crippen LogP contribution in [0.5, 0.6) is 0 Å². The van der Waals surface area contributed by atoms with Crippen LogP contribution in [0, 0.1) is 5.92 Å². The normalized spacial score (nSPS) is 11.4. The molecule has 0 aliphatic heterocycles. The maximum atomic E-state index is 12.9. The summed E-state index contributed by atoms with van der Waals surface area (Å²) in [6.45, 7) is 5.93. The lowest BCUT2D eigenvalue weighted by atomic mass is 9.97. The molecule has 0 unspecified atom stereocenters. The highest BCUT2D eigenvalue weighted by atomic mass is 16.4. The smallest absolute Gasteiger partial charge is 0.326 e. The third kappa shape index (κ3) is 7.83. The number of aromatic nitrogens is 4. The summed E-state index contributed by atoms with van der Waals surface area (Å²) in [4.78, 5) is 26.3. The van der Waals surface area contributed by atoms with E-state index in [1.165, 1.54) is 4.90 Å². The molecule has 2 N–H and O–H groups in total. The largest absolute Gasteiger partial charge is 0.480 e. The van der Waals surface area contributed by atoms with Gasteiger partial charge in [0.2, 0.25) is 5.91 Å². The number of aromatic amines is 1. The number of benzene rings is 3. The van der Waals surface area contributed by atoms with Crippen LogP contribution in [0.2, 0.25) is 0 Å². The molecule has 4 aromatic rings. The molecule has 0 aliphatic carbocycles. The van der Waals surface area contributed by atoms with Gasteiger partial charge in [-0.05, 0) is 39.5 Å². The molecule has 1 aromatic heterocycles. The summed E-state index contributed by atoms with van der Waals surface area (Å²) >= 11 is 0. The van der Waals surface area contributed by atoms with Crippen molar-refractivity contribution in [2.45, 2.75) is 52.6 Å². The summed E-state index contributed by atoms with van der Waals surface area (Å²) in [5, 5.41) is 23.9. The Labute approximate surface area is 223 Å². The van der Waals surface area contributed by atoms with Crippen molar-refractivity contribution in [3.8, 4) is 22.5 Å². The SMILES string of the molecule is CCCCC(=O)N(Cc1ccc(-c2ccccc2-c2nnn[nH]2)cc1)[C@H](C(=O)O)C(C)C.c1ccccc1. The van der Waals surface area contributed by atoms with E-state index in [9.17, 15) is 14.7 Å². The molecule has 1 heterocycles. The zero-order valence-corrected chi connectivity index (χ0v) is 22.1. The number of carboxylic acid groups (broad SMARTS) is 1. The van der Waals surface area contributed by atoms with E-state index in [0.29, 0.717) is 12.2 Å². The van der Waals surface area contributed by atoms with E-state index in [1.807, 2.05) is 106 Å². The first-order chi connectivity index (χ1) is 18.4. The van der Waals surface area contributed by atoms with Crippen LogP contribution in [0.15, 0.2) is 84.9 Å². The number of nitrogens with one attached hydrogen (secondary N) is 1. The van der Waals surface area contributed by atoms with Gasteiger partial charge in [0.1, 0.15) is 6.04 Å². The summed E-state index contributed by atoms with van der Waals surface area (Å²) in [7, 11) is 0. The van der Waals surface area contributed by atoms with Crippen molar-refractivity contribution in [3.63, 3.8) is 0 Å². The van der Waals surface area contributed by atoms with E-state index in [4.69, 9.17) is 0 Å². The zero-order valence-electron chi connectivity index (χ0n) is 22.1. The topological polar surface area (TPSA) is 112 Å². The molecule has 1 amide bonds. The number of tetrazole rings is 1. The second-order valence-electron chi connectivity index (χ2n) is 9.30. The number of amides is 1. The number of H-pyrrole nitrogens is 1. The van der Waals surface area contributed by atoms with Gasteiger partial charge in [0.05, 0.1) is 0 Å². The summed E-state index contributed by atoms with van der Waals surface area (Å²) in [5.74, 6) is -0.713. The number of carboxylic acids is 1. The third-order valence-electron chi connectivity index (χ3n) is 6.10. The molecule has 0 radical (unpaired) electrons. The fourth-order valence-corrected chi connectivity index (χ4v) is 4.18. The number of nitrogens with zero attached hydrogens (tertiary/aromatic N) is 4. The highest BCUT2D eigenvalue weighted by Crippen LogP contribution is 2.30. The maximum Gasteiger partial charge on any atom is 0.326 e. The molecule has 38 heavy (non-hydrogen) atoms. The van der Waals surface area contributed by atoms with Crippen LogP contribution in [-0.4, -0.2) is 48.5 Å². The Bertz CT molecular complexity index is 1230. The quantitative estimate of drug-likeness (QED) is 0.275. The van der Waals surface area contributed by atoms with Gasteiger partial charge in [-0.3, -0.25) is 4.79 Å². The van der Waals surface area contributed by atoms with Gasteiger partial charge in [-0.2, -0.15) is 0 Å². The molecule has 0 spiro atoms. The summed E-state index contributed by atoms with van der Waals surface area (Å²) in [6, 6.07) is 26.8. The first-order valence-corrected chi connectivity index (χ1v) is 12.9. The molecule has 0 fully saturated rings. The third-order valence-corrected chi connectivity index (χ3v) is 6.10. The lowest BCUT2D eigenvalue weighted by Gasteiger charge is -2.32. The van der Waals surface area contributed by atoms with Crippen molar-refractivity contribution in [2.75, 3.05) is 0 Å². The molecular formula is C30H35N5O3. The van der Waals surface area contributed by atoms with Gasteiger partial charge >= 0.3 is 5.97 Å². The number of carbonyl (C=O) groups is 2. The van der Waals surface area contributed by atoms with Crippen molar-refractivity contribution >= 4 is 11.9 Å². The summed E-state index contributed by atoms with van der Waals surface area (Å²) < 4.78 is 0. The van der Waals surface area contributed by atoms with Crippen LogP contribution in [0.4, 0.5) is 0 Å². The minimum absolute atomic E-state index is 0.125. The van der Waals surface area contributed by atoms with Gasteiger partial charge in [0.25, 0.3) is 0 Å².